The normalized spacial score (nSPS) is 20.0. The molecule has 0 aromatic carbocycles. The molecule has 0 saturated heterocycles. The molecule has 0 aliphatic heterocycles. The predicted molar refractivity (Wildman–Crippen MR) is 63.8 cm³/mol. The van der Waals surface area contributed by atoms with Crippen LogP contribution in [0.25, 0.3) is 0 Å². The Morgan fingerprint density at radius 2 is 1.80 bits per heavy atom. The van der Waals surface area contributed by atoms with Crippen LogP contribution in [0.1, 0.15) is 47.5 Å². The molecule has 0 radical (unpaired) electrons. The molecular formula is C12H27NO2. The molecule has 0 rings (SSSR count). The third-order valence-corrected chi connectivity index (χ3v) is 3.08. The number of hydrogen-bond donors (Lipinski definition) is 3. The molecule has 0 bridgehead atoms. The van der Waals surface area contributed by atoms with E-state index in [4.69, 9.17) is 0 Å². The molecule has 3 N–H and O–H groups in total. The van der Waals surface area contributed by atoms with E-state index in [2.05, 4.69) is 12.2 Å². The van der Waals surface area contributed by atoms with E-state index in [0.29, 0.717) is 19.0 Å². The molecule has 0 aromatic heterocycles. The van der Waals surface area contributed by atoms with E-state index >= 15 is 0 Å². The smallest absolute Gasteiger partial charge is 0.0692 e. The number of aliphatic hydroxyl groups is 2. The molecular weight excluding hydrogens is 190 g/mol. The molecule has 0 unspecified atom stereocenters. The molecule has 0 aliphatic rings. The summed E-state index contributed by atoms with van der Waals surface area (Å²) in [4.78, 5) is 0. The van der Waals surface area contributed by atoms with Crippen LogP contribution in [0.15, 0.2) is 0 Å². The third-order valence-electron chi connectivity index (χ3n) is 3.08. The standard InChI is InChI=1S/C12H27NO2/c1-6-10(4)12(5,15)7-11(14)8-13-9(2)3/h9-11,13-15H,6-8H2,1-5H3/t10-,11-,12+/m0/s1. The predicted octanol–water partition coefficient (Wildman–Crippen LogP) is 1.53. The lowest BCUT2D eigenvalue weighted by Crippen LogP contribution is -2.41. The fraction of sp³-hybridized carbons (Fsp3) is 1.00. The summed E-state index contributed by atoms with van der Waals surface area (Å²) >= 11 is 0. The lowest BCUT2D eigenvalue weighted by Gasteiger charge is -2.32. The van der Waals surface area contributed by atoms with E-state index in [1.165, 1.54) is 0 Å². The molecule has 92 valence electrons. The van der Waals surface area contributed by atoms with Gasteiger partial charge in [-0.15, -0.1) is 0 Å². The SMILES string of the molecule is CC[C@H](C)[C@](C)(O)C[C@H](O)CNC(C)C. The molecule has 0 fully saturated rings. The van der Waals surface area contributed by atoms with Gasteiger partial charge in [0, 0.05) is 19.0 Å². The summed E-state index contributed by atoms with van der Waals surface area (Å²) in [6, 6.07) is 0.369. The van der Waals surface area contributed by atoms with E-state index in [9.17, 15) is 10.2 Å². The fourth-order valence-electron chi connectivity index (χ4n) is 1.56. The zero-order valence-corrected chi connectivity index (χ0v) is 10.7. The fourth-order valence-corrected chi connectivity index (χ4v) is 1.56. The third kappa shape index (κ3) is 6.13. The Morgan fingerprint density at radius 1 is 1.27 bits per heavy atom. The zero-order valence-electron chi connectivity index (χ0n) is 10.7. The van der Waals surface area contributed by atoms with E-state index in [-0.39, 0.29) is 5.92 Å². The summed E-state index contributed by atoms with van der Waals surface area (Å²) in [5.74, 6) is 0.214. The molecule has 0 saturated carbocycles. The van der Waals surface area contributed by atoms with Crippen molar-refractivity contribution >= 4 is 0 Å². The Balaban J connectivity index is 3.98. The average molecular weight is 217 g/mol. The first-order chi connectivity index (χ1) is 6.79. The van der Waals surface area contributed by atoms with Gasteiger partial charge in [-0.2, -0.15) is 0 Å². The van der Waals surface area contributed by atoms with Crippen LogP contribution in [0.4, 0.5) is 0 Å². The zero-order chi connectivity index (χ0) is 12.1. The van der Waals surface area contributed by atoms with Crippen LogP contribution in [0.5, 0.6) is 0 Å². The molecule has 0 aliphatic carbocycles. The van der Waals surface area contributed by atoms with Crippen LogP contribution in [-0.2, 0) is 0 Å². The van der Waals surface area contributed by atoms with Gasteiger partial charge in [-0.3, -0.25) is 0 Å². The van der Waals surface area contributed by atoms with Gasteiger partial charge in [-0.1, -0.05) is 34.1 Å². The summed E-state index contributed by atoms with van der Waals surface area (Å²) in [6.07, 6.45) is 0.885. The molecule has 3 nitrogen and oxygen atoms in total. The second-order valence-electron chi connectivity index (χ2n) is 5.09. The first kappa shape index (κ1) is 14.9. The van der Waals surface area contributed by atoms with Crippen molar-refractivity contribution in [2.75, 3.05) is 6.54 Å². The number of aliphatic hydroxyl groups excluding tert-OH is 1. The van der Waals surface area contributed by atoms with Crippen LogP contribution in [0, 0.1) is 5.92 Å². The number of hydrogen-bond acceptors (Lipinski definition) is 3. The maximum atomic E-state index is 10.1. The Hall–Kier alpha value is -0.120. The van der Waals surface area contributed by atoms with Gasteiger partial charge in [-0.05, 0) is 12.8 Å². The Kier molecular flexibility index (Phi) is 6.41. The van der Waals surface area contributed by atoms with Crippen molar-refractivity contribution in [3.63, 3.8) is 0 Å². The van der Waals surface area contributed by atoms with Gasteiger partial charge in [0.1, 0.15) is 0 Å². The highest BCUT2D eigenvalue weighted by atomic mass is 16.3. The summed E-state index contributed by atoms with van der Waals surface area (Å²) < 4.78 is 0. The second kappa shape index (κ2) is 6.46. The van der Waals surface area contributed by atoms with Crippen molar-refractivity contribution in [1.29, 1.82) is 0 Å². The highest BCUT2D eigenvalue weighted by Crippen LogP contribution is 2.24. The number of nitrogens with one attached hydrogen (secondary N) is 1. The van der Waals surface area contributed by atoms with Crippen LogP contribution < -0.4 is 5.32 Å². The van der Waals surface area contributed by atoms with Gasteiger partial charge in [0.25, 0.3) is 0 Å². The Labute approximate surface area is 93.9 Å². The van der Waals surface area contributed by atoms with Crippen LogP contribution in [0.3, 0.4) is 0 Å². The van der Waals surface area contributed by atoms with Crippen molar-refractivity contribution in [1.82, 2.24) is 5.32 Å². The highest BCUT2D eigenvalue weighted by Gasteiger charge is 2.29. The van der Waals surface area contributed by atoms with E-state index in [1.54, 1.807) is 6.92 Å². The van der Waals surface area contributed by atoms with E-state index in [1.807, 2.05) is 20.8 Å². The lowest BCUT2D eigenvalue weighted by atomic mass is 9.84. The van der Waals surface area contributed by atoms with Gasteiger partial charge in [0.05, 0.1) is 11.7 Å². The minimum absolute atomic E-state index is 0.214. The van der Waals surface area contributed by atoms with Gasteiger partial charge in [-0.25, -0.2) is 0 Å². The largest absolute Gasteiger partial charge is 0.392 e. The summed E-state index contributed by atoms with van der Waals surface area (Å²) in [5.41, 5.74) is -0.771. The quantitative estimate of drug-likeness (QED) is 0.606. The van der Waals surface area contributed by atoms with Gasteiger partial charge < -0.3 is 15.5 Å². The van der Waals surface area contributed by atoms with Crippen molar-refractivity contribution in [3.8, 4) is 0 Å². The second-order valence-corrected chi connectivity index (χ2v) is 5.09. The summed E-state index contributed by atoms with van der Waals surface area (Å²) in [7, 11) is 0. The Morgan fingerprint density at radius 3 is 2.20 bits per heavy atom. The molecule has 3 atom stereocenters. The maximum absolute atomic E-state index is 10.1. The summed E-state index contributed by atoms with van der Waals surface area (Å²) in [6.45, 7) is 10.5. The number of rotatable bonds is 7. The topological polar surface area (TPSA) is 52.5 Å². The van der Waals surface area contributed by atoms with Crippen molar-refractivity contribution < 1.29 is 10.2 Å². The monoisotopic (exact) mass is 217 g/mol. The van der Waals surface area contributed by atoms with Gasteiger partial charge >= 0.3 is 0 Å². The van der Waals surface area contributed by atoms with E-state index < -0.39 is 11.7 Å². The maximum Gasteiger partial charge on any atom is 0.0692 e. The molecule has 0 aromatic rings. The van der Waals surface area contributed by atoms with Crippen LogP contribution >= 0.6 is 0 Å². The van der Waals surface area contributed by atoms with Crippen molar-refractivity contribution in [2.45, 2.75) is 65.2 Å². The highest BCUT2D eigenvalue weighted by molar-refractivity contribution is 4.82. The van der Waals surface area contributed by atoms with Crippen molar-refractivity contribution in [2.24, 2.45) is 5.92 Å². The minimum Gasteiger partial charge on any atom is -0.392 e. The molecule has 3 heteroatoms. The van der Waals surface area contributed by atoms with Crippen LogP contribution in [-0.4, -0.2) is 34.5 Å². The Bertz CT molecular complexity index is 169. The first-order valence-electron chi connectivity index (χ1n) is 5.93. The first-order valence-corrected chi connectivity index (χ1v) is 5.93. The lowest BCUT2D eigenvalue weighted by molar-refractivity contribution is -0.0371. The minimum atomic E-state index is -0.771. The molecule has 0 spiro atoms. The van der Waals surface area contributed by atoms with Gasteiger partial charge in [0.15, 0.2) is 0 Å². The molecule has 0 amide bonds. The van der Waals surface area contributed by atoms with Gasteiger partial charge in [0.2, 0.25) is 0 Å². The van der Waals surface area contributed by atoms with Crippen LogP contribution in [0.2, 0.25) is 0 Å². The average Bonchev–Trinajstić information content (AvgIpc) is 2.12. The summed E-state index contributed by atoms with van der Waals surface area (Å²) in [5, 5.41) is 23.1. The molecule has 0 heterocycles. The van der Waals surface area contributed by atoms with E-state index in [0.717, 1.165) is 6.42 Å². The molecule has 15 heavy (non-hydrogen) atoms. The van der Waals surface area contributed by atoms with Crippen molar-refractivity contribution in [3.05, 3.63) is 0 Å².